The van der Waals surface area contributed by atoms with E-state index in [1.54, 1.807) is 74.9 Å². The summed E-state index contributed by atoms with van der Waals surface area (Å²) in [7, 11) is 3.11. The molecule has 0 atom stereocenters. The predicted octanol–water partition coefficient (Wildman–Crippen LogP) is 4.54. The molecule has 30 heavy (non-hydrogen) atoms. The summed E-state index contributed by atoms with van der Waals surface area (Å²) >= 11 is 0. The van der Waals surface area contributed by atoms with Gasteiger partial charge < -0.3 is 18.9 Å². The summed E-state index contributed by atoms with van der Waals surface area (Å²) in [6.45, 7) is 0. The first-order valence-electron chi connectivity index (χ1n) is 9.16. The molecule has 6 nitrogen and oxygen atoms in total. The lowest BCUT2D eigenvalue weighted by Crippen LogP contribution is -2.08. The number of ether oxygens (including phenoxy) is 4. The highest BCUT2D eigenvalue weighted by molar-refractivity contribution is 6.14. The molecular weight excluding hydrogens is 384 g/mol. The highest BCUT2D eigenvalue weighted by Crippen LogP contribution is 2.35. The minimum Gasteiger partial charge on any atom is -0.497 e. The van der Waals surface area contributed by atoms with Gasteiger partial charge in [-0.1, -0.05) is 18.2 Å². The van der Waals surface area contributed by atoms with Crippen LogP contribution in [-0.4, -0.2) is 26.0 Å². The second-order valence-corrected chi connectivity index (χ2v) is 6.50. The molecule has 0 amide bonds. The van der Waals surface area contributed by atoms with Crippen LogP contribution >= 0.6 is 0 Å². The summed E-state index contributed by atoms with van der Waals surface area (Å²) in [5.74, 6) is 1.23. The van der Waals surface area contributed by atoms with Crippen molar-refractivity contribution in [2.24, 2.45) is 0 Å². The standard InChI is InChI=1S/C24H18O6/c1-27-18-10-15(11-19(13-18)28-2)12-22-23(25)20-9-8-17(14-21(20)30-22)29-24(26)16-6-4-3-5-7-16/h3-14H,1-2H3/b22-12-. The lowest BCUT2D eigenvalue weighted by atomic mass is 10.1. The summed E-state index contributed by atoms with van der Waals surface area (Å²) < 4.78 is 21.6. The van der Waals surface area contributed by atoms with Crippen molar-refractivity contribution in [3.05, 3.63) is 89.2 Å². The molecule has 0 aliphatic carbocycles. The molecular formula is C24H18O6. The average molecular weight is 402 g/mol. The van der Waals surface area contributed by atoms with Gasteiger partial charge in [-0.15, -0.1) is 0 Å². The monoisotopic (exact) mass is 402 g/mol. The molecule has 150 valence electrons. The average Bonchev–Trinajstić information content (AvgIpc) is 3.08. The molecule has 1 aliphatic rings. The van der Waals surface area contributed by atoms with Crippen molar-refractivity contribution < 1.29 is 28.5 Å². The molecule has 3 aromatic rings. The maximum absolute atomic E-state index is 12.7. The van der Waals surface area contributed by atoms with E-state index in [1.165, 1.54) is 6.07 Å². The number of fused-ring (bicyclic) bond motifs is 1. The van der Waals surface area contributed by atoms with Gasteiger partial charge in [-0.25, -0.2) is 4.79 Å². The lowest BCUT2D eigenvalue weighted by molar-refractivity contribution is 0.0734. The lowest BCUT2D eigenvalue weighted by Gasteiger charge is -2.06. The third-order valence-electron chi connectivity index (χ3n) is 4.53. The van der Waals surface area contributed by atoms with Crippen LogP contribution in [0.25, 0.3) is 6.08 Å². The van der Waals surface area contributed by atoms with Crippen molar-refractivity contribution in [3.63, 3.8) is 0 Å². The van der Waals surface area contributed by atoms with Gasteiger partial charge in [0.1, 0.15) is 23.0 Å². The molecule has 3 aromatic carbocycles. The molecule has 0 radical (unpaired) electrons. The van der Waals surface area contributed by atoms with E-state index in [2.05, 4.69) is 0 Å². The van der Waals surface area contributed by atoms with Crippen molar-refractivity contribution in [1.82, 2.24) is 0 Å². The number of hydrogen-bond donors (Lipinski definition) is 0. The van der Waals surface area contributed by atoms with Gasteiger partial charge >= 0.3 is 5.97 Å². The normalized spacial score (nSPS) is 13.5. The quantitative estimate of drug-likeness (QED) is 0.355. The van der Waals surface area contributed by atoms with Crippen molar-refractivity contribution >= 4 is 17.8 Å². The van der Waals surface area contributed by atoms with Gasteiger partial charge in [0, 0.05) is 12.1 Å². The minimum absolute atomic E-state index is 0.159. The third kappa shape index (κ3) is 3.89. The number of methoxy groups -OCH3 is 2. The molecule has 4 rings (SSSR count). The number of carbonyl (C=O) groups excluding carboxylic acids is 2. The second-order valence-electron chi connectivity index (χ2n) is 6.50. The number of hydrogen-bond acceptors (Lipinski definition) is 6. The van der Waals surface area contributed by atoms with Gasteiger partial charge in [0.25, 0.3) is 0 Å². The Balaban J connectivity index is 1.57. The van der Waals surface area contributed by atoms with Crippen LogP contribution in [0.1, 0.15) is 26.3 Å². The maximum atomic E-state index is 12.7. The van der Waals surface area contributed by atoms with E-state index in [4.69, 9.17) is 18.9 Å². The van der Waals surface area contributed by atoms with E-state index in [9.17, 15) is 9.59 Å². The zero-order valence-corrected chi connectivity index (χ0v) is 16.4. The Bertz CT molecular complexity index is 1130. The molecule has 0 saturated heterocycles. The Labute approximate surface area is 173 Å². The molecule has 0 aromatic heterocycles. The van der Waals surface area contributed by atoms with Gasteiger partial charge in [-0.05, 0) is 48.0 Å². The predicted molar refractivity (Wildman–Crippen MR) is 110 cm³/mol. The summed E-state index contributed by atoms with van der Waals surface area (Å²) in [5, 5.41) is 0. The Kier molecular flexibility index (Phi) is 5.22. The fraction of sp³-hybridized carbons (Fsp3) is 0.0833. The summed E-state index contributed by atoms with van der Waals surface area (Å²) in [6, 6.07) is 18.6. The third-order valence-corrected chi connectivity index (χ3v) is 4.53. The van der Waals surface area contributed by atoms with E-state index < -0.39 is 5.97 Å². The van der Waals surface area contributed by atoms with Crippen molar-refractivity contribution in [2.75, 3.05) is 14.2 Å². The highest BCUT2D eigenvalue weighted by atomic mass is 16.5. The number of carbonyl (C=O) groups is 2. The number of benzene rings is 3. The number of ketones is 1. The zero-order chi connectivity index (χ0) is 21.1. The largest absolute Gasteiger partial charge is 0.497 e. The van der Waals surface area contributed by atoms with Gasteiger partial charge in [-0.2, -0.15) is 0 Å². The number of esters is 1. The molecule has 1 aliphatic heterocycles. The zero-order valence-electron chi connectivity index (χ0n) is 16.4. The van der Waals surface area contributed by atoms with Crippen LogP contribution in [-0.2, 0) is 0 Å². The van der Waals surface area contributed by atoms with Crippen LogP contribution < -0.4 is 18.9 Å². The SMILES string of the molecule is COc1cc(/C=C2\Oc3cc(OC(=O)c4ccccc4)ccc3C2=O)cc(OC)c1. The molecule has 1 heterocycles. The Morgan fingerprint density at radius 2 is 1.57 bits per heavy atom. The summed E-state index contributed by atoms with van der Waals surface area (Å²) in [4.78, 5) is 24.9. The first kappa shape index (κ1) is 19.3. The first-order chi connectivity index (χ1) is 14.6. The topological polar surface area (TPSA) is 71.1 Å². The van der Waals surface area contributed by atoms with Gasteiger partial charge in [0.2, 0.25) is 5.78 Å². The maximum Gasteiger partial charge on any atom is 0.343 e. The van der Waals surface area contributed by atoms with Crippen molar-refractivity contribution in [1.29, 1.82) is 0 Å². The smallest absolute Gasteiger partial charge is 0.343 e. The second kappa shape index (κ2) is 8.13. The van der Waals surface area contributed by atoms with E-state index in [1.807, 2.05) is 6.07 Å². The minimum atomic E-state index is -0.487. The number of Topliss-reactive ketones (excluding diaryl/α,β-unsaturated/α-hetero) is 1. The van der Waals surface area contributed by atoms with Gasteiger partial charge in [0.05, 0.1) is 25.3 Å². The summed E-state index contributed by atoms with van der Waals surface area (Å²) in [6.07, 6.45) is 1.61. The highest BCUT2D eigenvalue weighted by Gasteiger charge is 2.28. The molecule has 0 saturated carbocycles. The van der Waals surface area contributed by atoms with Crippen LogP contribution in [0.3, 0.4) is 0 Å². The number of allylic oxidation sites excluding steroid dienone is 1. The van der Waals surface area contributed by atoms with E-state index >= 15 is 0 Å². The molecule has 6 heteroatoms. The van der Waals surface area contributed by atoms with Crippen LogP contribution in [0, 0.1) is 0 Å². The summed E-state index contributed by atoms with van der Waals surface area (Å²) in [5.41, 5.74) is 1.52. The van der Waals surface area contributed by atoms with Crippen LogP contribution in [0.2, 0.25) is 0 Å². The number of rotatable bonds is 5. The van der Waals surface area contributed by atoms with Gasteiger partial charge in [0.15, 0.2) is 5.76 Å². The van der Waals surface area contributed by atoms with Gasteiger partial charge in [-0.3, -0.25) is 4.79 Å². The van der Waals surface area contributed by atoms with Crippen LogP contribution in [0.15, 0.2) is 72.5 Å². The van der Waals surface area contributed by atoms with Crippen molar-refractivity contribution in [3.8, 4) is 23.0 Å². The molecule has 0 fully saturated rings. The van der Waals surface area contributed by atoms with E-state index in [0.29, 0.717) is 39.7 Å². The van der Waals surface area contributed by atoms with Crippen LogP contribution in [0.4, 0.5) is 0 Å². The van der Waals surface area contributed by atoms with E-state index in [-0.39, 0.29) is 11.5 Å². The Morgan fingerprint density at radius 1 is 0.867 bits per heavy atom. The van der Waals surface area contributed by atoms with Crippen molar-refractivity contribution in [2.45, 2.75) is 0 Å². The molecule has 0 bridgehead atoms. The molecule has 0 spiro atoms. The Morgan fingerprint density at radius 3 is 2.23 bits per heavy atom. The fourth-order valence-corrected chi connectivity index (χ4v) is 3.04. The van der Waals surface area contributed by atoms with E-state index in [0.717, 1.165) is 0 Å². The Hall–Kier alpha value is -4.06. The first-order valence-corrected chi connectivity index (χ1v) is 9.16. The van der Waals surface area contributed by atoms with Crippen LogP contribution in [0.5, 0.6) is 23.0 Å². The molecule has 0 N–H and O–H groups in total. The fourth-order valence-electron chi connectivity index (χ4n) is 3.04. The molecule has 0 unspecified atom stereocenters.